The van der Waals surface area contributed by atoms with Gasteiger partial charge in [0.1, 0.15) is 0 Å². The molecule has 0 bridgehead atoms. The van der Waals surface area contributed by atoms with E-state index in [1.807, 2.05) is 0 Å². The van der Waals surface area contributed by atoms with Crippen LogP contribution in [0.3, 0.4) is 0 Å². The van der Waals surface area contributed by atoms with Gasteiger partial charge < -0.3 is 0 Å². The van der Waals surface area contributed by atoms with E-state index in [-0.39, 0.29) is 29.6 Å². The van der Waals surface area contributed by atoms with Gasteiger partial charge in [-0.05, 0) is 10.4 Å². The Bertz CT molecular complexity index is 81.6. The van der Waals surface area contributed by atoms with E-state index in [1.54, 1.807) is 0 Å². The van der Waals surface area contributed by atoms with E-state index in [2.05, 4.69) is 20.6 Å². The molecule has 0 fully saturated rings. The van der Waals surface area contributed by atoms with Gasteiger partial charge in [0, 0.05) is 0 Å². The number of hydrogen-bond donors (Lipinski definition) is 0. The van der Waals surface area contributed by atoms with Crippen molar-refractivity contribution in [3.05, 3.63) is 12.4 Å². The Morgan fingerprint density at radius 2 is 1.29 bits per heavy atom. The van der Waals surface area contributed by atoms with Gasteiger partial charge in [-0.15, -0.1) is 10.2 Å². The normalized spacial score (nSPS) is 6.86. The molecule has 0 amide bonds. The van der Waals surface area contributed by atoms with E-state index in [4.69, 9.17) is 0 Å². The minimum atomic E-state index is 0. The molecule has 1 aromatic rings. The van der Waals surface area contributed by atoms with E-state index < -0.39 is 0 Å². The third kappa shape index (κ3) is 2.61. The molecule has 1 aromatic heterocycles. The zero-order chi connectivity index (χ0) is 4.24. The van der Waals surface area contributed by atoms with Crippen LogP contribution in [0.2, 0.25) is 0 Å². The van der Waals surface area contributed by atoms with Gasteiger partial charge in [0.25, 0.3) is 0 Å². The maximum Gasteiger partial charge on any atom is 0.0716 e. The molecule has 32 valence electrons. The summed E-state index contributed by atoms with van der Waals surface area (Å²) in [5, 5.41) is 13.1. The minimum Gasteiger partial charge on any atom is -0.136 e. The minimum absolute atomic E-state index is 0. The van der Waals surface area contributed by atoms with Crippen molar-refractivity contribution in [1.82, 2.24) is 20.6 Å². The number of hydrogen-bond acceptors (Lipinski definition) is 4. The first-order valence-electron chi connectivity index (χ1n) is 1.45. The Morgan fingerprint density at radius 1 is 0.857 bits per heavy atom. The average molecular weight is 106 g/mol. The molecule has 0 radical (unpaired) electrons. The van der Waals surface area contributed by atoms with Gasteiger partial charge in [-0.2, -0.15) is 0 Å². The molecule has 0 aliphatic carbocycles. The van der Waals surface area contributed by atoms with Crippen molar-refractivity contribution in [2.75, 3.05) is 0 Å². The molecular formula is C2H3N4Na. The van der Waals surface area contributed by atoms with Gasteiger partial charge >= 0.3 is 29.6 Å². The molecular weight excluding hydrogens is 103 g/mol. The zero-order valence-electron chi connectivity index (χ0n) is 2.94. The molecule has 4 nitrogen and oxygen atoms in total. The van der Waals surface area contributed by atoms with E-state index in [9.17, 15) is 0 Å². The molecule has 1 heterocycles. The molecule has 0 aliphatic rings. The first-order valence-corrected chi connectivity index (χ1v) is 1.45. The van der Waals surface area contributed by atoms with E-state index in [1.165, 1.54) is 12.4 Å². The third-order valence-electron chi connectivity index (χ3n) is 0.343. The molecule has 0 unspecified atom stereocenters. The van der Waals surface area contributed by atoms with Crippen molar-refractivity contribution in [1.29, 1.82) is 0 Å². The fourth-order valence-corrected chi connectivity index (χ4v) is 0.165. The summed E-state index contributed by atoms with van der Waals surface area (Å²) in [6.45, 7) is 0. The molecule has 1 rings (SSSR count). The van der Waals surface area contributed by atoms with E-state index in [0.29, 0.717) is 0 Å². The number of aromatic nitrogens is 4. The molecule has 0 atom stereocenters. The van der Waals surface area contributed by atoms with Crippen molar-refractivity contribution >= 4 is 29.6 Å². The van der Waals surface area contributed by atoms with E-state index in [0.717, 1.165) is 0 Å². The van der Waals surface area contributed by atoms with Crippen LogP contribution < -0.4 is 0 Å². The quantitative estimate of drug-likeness (QED) is 0.382. The average Bonchev–Trinajstić information content (AvgIpc) is 1.72. The summed E-state index contributed by atoms with van der Waals surface area (Å²) in [4.78, 5) is 0. The fourth-order valence-electron chi connectivity index (χ4n) is 0.165. The van der Waals surface area contributed by atoms with Crippen LogP contribution in [0.4, 0.5) is 0 Å². The molecule has 0 saturated heterocycles. The van der Waals surface area contributed by atoms with Crippen molar-refractivity contribution in [3.8, 4) is 0 Å². The van der Waals surface area contributed by atoms with Crippen LogP contribution in [-0.4, -0.2) is 50.2 Å². The summed E-state index contributed by atoms with van der Waals surface area (Å²) in [5.74, 6) is 0. The van der Waals surface area contributed by atoms with Crippen LogP contribution in [0.1, 0.15) is 0 Å². The maximum atomic E-state index is 3.36. The Balaban J connectivity index is 0.000000360. The van der Waals surface area contributed by atoms with Gasteiger partial charge in [-0.25, -0.2) is 0 Å². The van der Waals surface area contributed by atoms with Crippen LogP contribution in [-0.2, 0) is 0 Å². The Labute approximate surface area is 62.6 Å². The van der Waals surface area contributed by atoms with Crippen molar-refractivity contribution in [2.24, 2.45) is 0 Å². The van der Waals surface area contributed by atoms with Gasteiger partial charge in [0.2, 0.25) is 0 Å². The molecule has 0 aromatic carbocycles. The second-order valence-electron chi connectivity index (χ2n) is 0.708. The molecule has 0 N–H and O–H groups in total. The molecule has 5 heteroatoms. The molecule has 0 saturated carbocycles. The Morgan fingerprint density at radius 3 is 1.43 bits per heavy atom. The summed E-state index contributed by atoms with van der Waals surface area (Å²) in [7, 11) is 0. The van der Waals surface area contributed by atoms with Crippen molar-refractivity contribution < 1.29 is 0 Å². The maximum absolute atomic E-state index is 3.36. The summed E-state index contributed by atoms with van der Waals surface area (Å²) in [6, 6.07) is 0. The third-order valence-corrected chi connectivity index (χ3v) is 0.343. The summed E-state index contributed by atoms with van der Waals surface area (Å²) >= 11 is 0. The van der Waals surface area contributed by atoms with Gasteiger partial charge in [-0.1, -0.05) is 0 Å². The molecule has 7 heavy (non-hydrogen) atoms. The molecule has 0 spiro atoms. The standard InChI is InChI=1S/C2H2N4.Na.H/c1-2-4-6-5-3-1;;/h1-2H;;. The Kier molecular flexibility index (Phi) is 4.07. The smallest absolute Gasteiger partial charge is 0.0716 e. The Hall–Kier alpha value is -0.0600. The van der Waals surface area contributed by atoms with Crippen LogP contribution >= 0.6 is 0 Å². The van der Waals surface area contributed by atoms with Gasteiger partial charge in [0.15, 0.2) is 0 Å². The molecule has 0 aliphatic heterocycles. The topological polar surface area (TPSA) is 51.6 Å². The fraction of sp³-hybridized carbons (Fsp3) is 0. The number of nitrogens with zero attached hydrogens (tertiary/aromatic N) is 4. The largest absolute Gasteiger partial charge is 0.136 e. The SMILES string of the molecule is [NaH].c1cnnnn1. The van der Waals surface area contributed by atoms with Crippen molar-refractivity contribution in [2.45, 2.75) is 0 Å². The zero-order valence-corrected chi connectivity index (χ0v) is 2.94. The van der Waals surface area contributed by atoms with Gasteiger partial charge in [0.05, 0.1) is 12.4 Å². The van der Waals surface area contributed by atoms with Crippen LogP contribution in [0, 0.1) is 0 Å². The summed E-state index contributed by atoms with van der Waals surface area (Å²) in [5.41, 5.74) is 0. The summed E-state index contributed by atoms with van der Waals surface area (Å²) in [6.07, 6.45) is 2.93. The predicted octanol–water partition coefficient (Wildman–Crippen LogP) is -1.38. The predicted molar refractivity (Wildman–Crippen MR) is 24.8 cm³/mol. The van der Waals surface area contributed by atoms with Gasteiger partial charge in [-0.3, -0.25) is 0 Å². The van der Waals surface area contributed by atoms with Crippen LogP contribution in [0.5, 0.6) is 0 Å². The number of rotatable bonds is 0. The first-order chi connectivity index (χ1) is 3.00. The first kappa shape index (κ1) is 6.94. The van der Waals surface area contributed by atoms with E-state index >= 15 is 0 Å². The monoisotopic (exact) mass is 106 g/mol. The van der Waals surface area contributed by atoms with Crippen LogP contribution in [0.25, 0.3) is 0 Å². The summed E-state index contributed by atoms with van der Waals surface area (Å²) < 4.78 is 0. The van der Waals surface area contributed by atoms with Crippen molar-refractivity contribution in [3.63, 3.8) is 0 Å². The van der Waals surface area contributed by atoms with Crippen LogP contribution in [0.15, 0.2) is 12.4 Å². The second-order valence-corrected chi connectivity index (χ2v) is 0.708. The second kappa shape index (κ2) is 4.11.